The van der Waals surface area contributed by atoms with Crippen LogP contribution in [0, 0.1) is 5.82 Å². The van der Waals surface area contributed by atoms with E-state index in [0.717, 1.165) is 33.6 Å². The number of carbonyl (C=O) groups excluding carboxylic acids is 3. The second-order valence-electron chi connectivity index (χ2n) is 10.7. The smallest absolute Gasteiger partial charge is 0.259 e. The van der Waals surface area contributed by atoms with Gasteiger partial charge in [-0.15, -0.1) is 0 Å². The summed E-state index contributed by atoms with van der Waals surface area (Å²) in [5, 5.41) is 16.9. The molecule has 3 amide bonds. The first-order valence-electron chi connectivity index (χ1n) is 14.3. The topological polar surface area (TPSA) is 129 Å². The Morgan fingerprint density at radius 1 is 1.02 bits per heavy atom. The summed E-state index contributed by atoms with van der Waals surface area (Å²) in [5.41, 5.74) is 4.25. The van der Waals surface area contributed by atoms with Gasteiger partial charge in [-0.1, -0.05) is 42.1 Å². The van der Waals surface area contributed by atoms with Gasteiger partial charge >= 0.3 is 0 Å². The Labute approximate surface area is 268 Å². The number of fused-ring (bicyclic) bond motifs is 1. The molecule has 0 unspecified atom stereocenters. The quantitative estimate of drug-likeness (QED) is 0.176. The van der Waals surface area contributed by atoms with E-state index in [1.807, 2.05) is 36.1 Å². The Balaban J connectivity index is 1.32. The standard InChI is InChI=1S/C34H29FN6O4S/c1-19(42)37-28-16-20(13-14-36-28)30-31(40(2)34(39-30)46-3)21-8-6-9-23(15-21)38-32(44)29-25(27(43)12-11-26(29)35)18-41-17-22-7-4-5-10-24(22)33(41)45/h4-16,43H,17-18H2,1-3H3,(H,38,44)(H,36,37,42). The fraction of sp³-hybridized carbons (Fsp3) is 0.147. The summed E-state index contributed by atoms with van der Waals surface area (Å²) >= 11 is 1.46. The molecule has 0 spiro atoms. The number of aromatic nitrogens is 3. The van der Waals surface area contributed by atoms with Crippen molar-refractivity contribution in [3.63, 3.8) is 0 Å². The number of hydrogen-bond acceptors (Lipinski definition) is 7. The van der Waals surface area contributed by atoms with E-state index in [4.69, 9.17) is 4.98 Å². The molecule has 46 heavy (non-hydrogen) atoms. The fourth-order valence-corrected chi connectivity index (χ4v) is 6.15. The molecule has 0 saturated carbocycles. The van der Waals surface area contributed by atoms with Crippen molar-refractivity contribution in [1.82, 2.24) is 19.4 Å². The number of imidazole rings is 1. The number of nitrogens with one attached hydrogen (secondary N) is 2. The van der Waals surface area contributed by atoms with Crippen LogP contribution in [0.25, 0.3) is 22.5 Å². The van der Waals surface area contributed by atoms with E-state index >= 15 is 4.39 Å². The van der Waals surface area contributed by atoms with E-state index in [1.54, 1.807) is 48.7 Å². The lowest BCUT2D eigenvalue weighted by atomic mass is 10.0. The highest BCUT2D eigenvalue weighted by Crippen LogP contribution is 2.37. The van der Waals surface area contributed by atoms with Gasteiger partial charge < -0.3 is 25.2 Å². The van der Waals surface area contributed by atoms with Crippen molar-refractivity contribution in [1.29, 1.82) is 0 Å². The largest absolute Gasteiger partial charge is 0.508 e. The van der Waals surface area contributed by atoms with Crippen molar-refractivity contribution in [2.45, 2.75) is 25.2 Å². The van der Waals surface area contributed by atoms with Crippen LogP contribution in [0.1, 0.15) is 38.8 Å². The van der Waals surface area contributed by atoms with Gasteiger partial charge in [-0.05, 0) is 54.3 Å². The Morgan fingerprint density at radius 2 is 1.83 bits per heavy atom. The van der Waals surface area contributed by atoms with Gasteiger partial charge in [0.15, 0.2) is 5.16 Å². The van der Waals surface area contributed by atoms with E-state index in [1.165, 1.54) is 29.7 Å². The lowest BCUT2D eigenvalue weighted by Crippen LogP contribution is -2.26. The first kappa shape index (κ1) is 30.5. The third-order valence-electron chi connectivity index (χ3n) is 7.68. The predicted molar refractivity (Wildman–Crippen MR) is 174 cm³/mol. The van der Waals surface area contributed by atoms with Crippen LogP contribution in [0.15, 0.2) is 84.1 Å². The molecule has 0 saturated heterocycles. The van der Waals surface area contributed by atoms with Crippen molar-refractivity contribution in [3.8, 4) is 28.3 Å². The molecule has 0 aliphatic carbocycles. The molecular weight excluding hydrogens is 607 g/mol. The molecule has 10 nitrogen and oxygen atoms in total. The summed E-state index contributed by atoms with van der Waals surface area (Å²) in [6.07, 6.45) is 3.50. The van der Waals surface area contributed by atoms with Gasteiger partial charge in [0.1, 0.15) is 17.4 Å². The molecule has 5 aromatic rings. The number of carbonyl (C=O) groups is 3. The van der Waals surface area contributed by atoms with Crippen LogP contribution < -0.4 is 10.6 Å². The van der Waals surface area contributed by atoms with Crippen LogP contribution in [0.2, 0.25) is 0 Å². The third-order valence-corrected chi connectivity index (χ3v) is 8.41. The second-order valence-corrected chi connectivity index (χ2v) is 11.5. The summed E-state index contributed by atoms with van der Waals surface area (Å²) in [7, 11) is 1.88. The summed E-state index contributed by atoms with van der Waals surface area (Å²) in [6.45, 7) is 1.54. The van der Waals surface area contributed by atoms with Crippen LogP contribution in [0.3, 0.4) is 0 Å². The highest BCUT2D eigenvalue weighted by atomic mass is 32.2. The highest BCUT2D eigenvalue weighted by molar-refractivity contribution is 7.98. The monoisotopic (exact) mass is 636 g/mol. The number of aromatic hydroxyl groups is 1. The molecule has 3 aromatic carbocycles. The lowest BCUT2D eigenvalue weighted by Gasteiger charge is -2.19. The van der Waals surface area contributed by atoms with Gasteiger partial charge in [0, 0.05) is 54.7 Å². The SMILES string of the molecule is CSc1nc(-c2ccnc(NC(C)=O)c2)c(-c2cccc(NC(=O)c3c(F)ccc(O)c3CN3Cc4ccccc4C3=O)c2)n1C. The third kappa shape index (κ3) is 5.82. The maximum absolute atomic E-state index is 15.3. The van der Waals surface area contributed by atoms with Crippen molar-refractivity contribution in [3.05, 3.63) is 107 Å². The van der Waals surface area contributed by atoms with E-state index in [0.29, 0.717) is 22.8 Å². The molecule has 0 bridgehead atoms. The molecule has 1 aliphatic rings. The van der Waals surface area contributed by atoms with Crippen molar-refractivity contribution < 1.29 is 23.9 Å². The molecule has 0 fully saturated rings. The number of anilines is 2. The van der Waals surface area contributed by atoms with Crippen LogP contribution >= 0.6 is 11.8 Å². The molecule has 6 rings (SSSR count). The zero-order chi connectivity index (χ0) is 32.5. The van der Waals surface area contributed by atoms with E-state index < -0.39 is 11.7 Å². The average molecular weight is 637 g/mol. The normalized spacial score (nSPS) is 12.3. The number of hydrogen-bond donors (Lipinski definition) is 3. The molecule has 232 valence electrons. The number of nitrogens with zero attached hydrogens (tertiary/aromatic N) is 4. The van der Waals surface area contributed by atoms with Crippen LogP contribution in [0.5, 0.6) is 5.75 Å². The van der Waals surface area contributed by atoms with E-state index in [-0.39, 0.29) is 41.8 Å². The number of phenolic OH excluding ortho intramolecular Hbond substituents is 1. The van der Waals surface area contributed by atoms with Crippen LogP contribution in [-0.2, 0) is 24.9 Å². The fourth-order valence-electron chi connectivity index (χ4n) is 5.60. The maximum atomic E-state index is 15.3. The Morgan fingerprint density at radius 3 is 2.59 bits per heavy atom. The summed E-state index contributed by atoms with van der Waals surface area (Å²) in [5.74, 6) is -2.00. The Kier molecular flexibility index (Phi) is 8.29. The number of benzene rings is 3. The number of pyridine rings is 1. The minimum atomic E-state index is -0.822. The van der Waals surface area contributed by atoms with E-state index in [2.05, 4.69) is 15.6 Å². The number of amides is 3. The molecule has 1 aliphatic heterocycles. The zero-order valence-corrected chi connectivity index (χ0v) is 26.0. The maximum Gasteiger partial charge on any atom is 0.259 e. The number of thioether (sulfide) groups is 1. The molecule has 0 radical (unpaired) electrons. The summed E-state index contributed by atoms with van der Waals surface area (Å²) < 4.78 is 17.2. The second kappa shape index (κ2) is 12.5. The molecular formula is C34H29FN6O4S. The first-order chi connectivity index (χ1) is 22.1. The summed E-state index contributed by atoms with van der Waals surface area (Å²) in [4.78, 5) is 48.8. The van der Waals surface area contributed by atoms with Crippen molar-refractivity contribution >= 4 is 41.0 Å². The molecule has 0 atom stereocenters. The average Bonchev–Trinajstić information content (AvgIpc) is 3.54. The first-order valence-corrected chi connectivity index (χ1v) is 15.5. The minimum absolute atomic E-state index is 0.0148. The van der Waals surface area contributed by atoms with Crippen molar-refractivity contribution in [2.24, 2.45) is 7.05 Å². The van der Waals surface area contributed by atoms with Gasteiger partial charge in [-0.25, -0.2) is 14.4 Å². The zero-order valence-electron chi connectivity index (χ0n) is 25.2. The van der Waals surface area contributed by atoms with Gasteiger partial charge in [0.05, 0.1) is 23.5 Å². The molecule has 3 N–H and O–H groups in total. The van der Waals surface area contributed by atoms with Gasteiger partial charge in [0.25, 0.3) is 11.8 Å². The number of phenols is 1. The van der Waals surface area contributed by atoms with Gasteiger partial charge in [-0.2, -0.15) is 0 Å². The van der Waals surface area contributed by atoms with Gasteiger partial charge in [-0.3, -0.25) is 14.4 Å². The predicted octanol–water partition coefficient (Wildman–Crippen LogP) is 6.08. The van der Waals surface area contributed by atoms with Crippen LogP contribution in [-0.4, -0.2) is 48.5 Å². The van der Waals surface area contributed by atoms with Crippen LogP contribution in [0.4, 0.5) is 15.9 Å². The molecule has 2 aromatic heterocycles. The summed E-state index contributed by atoms with van der Waals surface area (Å²) in [6, 6.07) is 19.9. The Bertz CT molecular complexity index is 2030. The van der Waals surface area contributed by atoms with E-state index in [9.17, 15) is 19.5 Å². The molecule has 12 heteroatoms. The minimum Gasteiger partial charge on any atom is -0.508 e. The van der Waals surface area contributed by atoms with Crippen molar-refractivity contribution in [2.75, 3.05) is 16.9 Å². The molecule has 3 heterocycles. The van der Waals surface area contributed by atoms with Gasteiger partial charge in [0.2, 0.25) is 5.91 Å². The Hall–Kier alpha value is -5.49. The highest BCUT2D eigenvalue weighted by Gasteiger charge is 2.30. The number of halogens is 1. The number of rotatable bonds is 8. The lowest BCUT2D eigenvalue weighted by molar-refractivity contribution is -0.114.